The number of carbonyl (C=O) groups is 1. The number of benzene rings is 3. The smallest absolute Gasteiger partial charge is 0.163 e. The fraction of sp³-hybridized carbons (Fsp3) is 0.174. The Bertz CT molecular complexity index is 1080. The highest BCUT2D eigenvalue weighted by Crippen LogP contribution is 2.49. The molecule has 1 atom stereocenters. The van der Waals surface area contributed by atoms with Crippen molar-refractivity contribution in [3.63, 3.8) is 0 Å². The van der Waals surface area contributed by atoms with Crippen LogP contribution in [0, 0.1) is 0 Å². The molecule has 3 aromatic rings. The Morgan fingerprint density at radius 3 is 2.73 bits per heavy atom. The van der Waals surface area contributed by atoms with E-state index in [2.05, 4.69) is 24.3 Å². The molecule has 1 aliphatic carbocycles. The maximum absolute atomic E-state index is 12.9. The second-order valence-corrected chi connectivity index (χ2v) is 7.34. The monoisotopic (exact) mass is 360 g/mol. The molecule has 1 aliphatic heterocycles. The van der Waals surface area contributed by atoms with Gasteiger partial charge in [0.2, 0.25) is 0 Å². The van der Waals surface area contributed by atoms with Gasteiger partial charge in [-0.25, -0.2) is 0 Å². The third-order valence-corrected chi connectivity index (χ3v) is 5.57. The van der Waals surface area contributed by atoms with E-state index in [4.69, 9.17) is 16.3 Å². The van der Waals surface area contributed by atoms with Gasteiger partial charge in [0.05, 0.1) is 0 Å². The summed E-state index contributed by atoms with van der Waals surface area (Å²) >= 11 is 6.29. The molecule has 1 heterocycles. The molecule has 0 amide bonds. The van der Waals surface area contributed by atoms with Gasteiger partial charge in [-0.15, -0.1) is 0 Å². The molecule has 0 fully saturated rings. The summed E-state index contributed by atoms with van der Waals surface area (Å²) in [6.45, 7) is 0. The molecule has 0 saturated heterocycles. The highest BCUT2D eigenvalue weighted by molar-refractivity contribution is 6.30. The first-order valence-electron chi connectivity index (χ1n) is 8.93. The molecule has 0 aromatic heterocycles. The van der Waals surface area contributed by atoms with Gasteiger partial charge >= 0.3 is 0 Å². The fourth-order valence-corrected chi connectivity index (χ4v) is 4.42. The van der Waals surface area contributed by atoms with Crippen molar-refractivity contribution in [1.82, 2.24) is 0 Å². The van der Waals surface area contributed by atoms with Crippen LogP contribution in [-0.2, 0) is 4.79 Å². The van der Waals surface area contributed by atoms with E-state index in [0.717, 1.165) is 51.8 Å². The standard InChI is InChI=1S/C23H17ClO2/c24-16-7-3-6-15(13-16)21-22-17-8-2-1-5-14(17)11-12-20(22)26-19-10-4-9-18(25)23(19)21/h1-3,5-8,11-13,21H,4,9-10H2. The predicted octanol–water partition coefficient (Wildman–Crippen LogP) is 6.02. The van der Waals surface area contributed by atoms with Crippen molar-refractivity contribution in [2.75, 3.05) is 0 Å². The molecular weight excluding hydrogens is 344 g/mol. The van der Waals surface area contributed by atoms with Crippen LogP contribution >= 0.6 is 11.6 Å². The topological polar surface area (TPSA) is 26.3 Å². The van der Waals surface area contributed by atoms with Gasteiger partial charge < -0.3 is 4.74 Å². The predicted molar refractivity (Wildman–Crippen MR) is 104 cm³/mol. The van der Waals surface area contributed by atoms with Gasteiger partial charge in [-0.3, -0.25) is 4.79 Å². The minimum atomic E-state index is -0.133. The number of ether oxygens (including phenoxy) is 1. The van der Waals surface area contributed by atoms with E-state index in [1.54, 1.807) is 0 Å². The molecule has 2 aliphatic rings. The maximum Gasteiger partial charge on any atom is 0.163 e. The van der Waals surface area contributed by atoms with Crippen LogP contribution in [0.2, 0.25) is 5.02 Å². The lowest BCUT2D eigenvalue weighted by Gasteiger charge is -2.33. The molecule has 0 bridgehead atoms. The van der Waals surface area contributed by atoms with Gasteiger partial charge in [0.15, 0.2) is 5.78 Å². The van der Waals surface area contributed by atoms with E-state index in [1.807, 2.05) is 36.4 Å². The Balaban J connectivity index is 1.85. The molecule has 128 valence electrons. The number of carbonyl (C=O) groups excluding carboxylic acids is 1. The molecule has 5 rings (SSSR count). The molecule has 0 radical (unpaired) electrons. The van der Waals surface area contributed by atoms with Crippen LogP contribution in [0.15, 0.2) is 72.0 Å². The molecule has 26 heavy (non-hydrogen) atoms. The lowest BCUT2D eigenvalue weighted by molar-refractivity contribution is -0.116. The first-order chi connectivity index (χ1) is 12.7. The molecule has 2 nitrogen and oxygen atoms in total. The van der Waals surface area contributed by atoms with Crippen molar-refractivity contribution in [3.8, 4) is 5.75 Å². The minimum Gasteiger partial charge on any atom is -0.461 e. The highest BCUT2D eigenvalue weighted by atomic mass is 35.5. The van der Waals surface area contributed by atoms with Crippen LogP contribution < -0.4 is 4.74 Å². The molecule has 0 spiro atoms. The van der Waals surface area contributed by atoms with Gasteiger partial charge in [0.25, 0.3) is 0 Å². The van der Waals surface area contributed by atoms with E-state index in [0.29, 0.717) is 11.4 Å². The van der Waals surface area contributed by atoms with Gasteiger partial charge in [-0.1, -0.05) is 54.1 Å². The molecular formula is C23H17ClO2. The summed E-state index contributed by atoms with van der Waals surface area (Å²) in [4.78, 5) is 12.9. The van der Waals surface area contributed by atoms with E-state index < -0.39 is 0 Å². The van der Waals surface area contributed by atoms with E-state index in [1.165, 1.54) is 0 Å². The number of fused-ring (bicyclic) bond motifs is 3. The van der Waals surface area contributed by atoms with Gasteiger partial charge in [-0.05, 0) is 41.0 Å². The number of allylic oxidation sites excluding steroid dienone is 2. The average Bonchev–Trinajstić information content (AvgIpc) is 2.66. The lowest BCUT2D eigenvalue weighted by atomic mass is 9.75. The first kappa shape index (κ1) is 15.7. The molecule has 3 heteroatoms. The van der Waals surface area contributed by atoms with Crippen molar-refractivity contribution in [3.05, 3.63) is 88.1 Å². The van der Waals surface area contributed by atoms with Gasteiger partial charge in [0, 0.05) is 34.9 Å². The zero-order valence-electron chi connectivity index (χ0n) is 14.2. The zero-order valence-corrected chi connectivity index (χ0v) is 14.9. The second kappa shape index (κ2) is 6.00. The van der Waals surface area contributed by atoms with Crippen LogP contribution in [0.3, 0.4) is 0 Å². The summed E-state index contributed by atoms with van der Waals surface area (Å²) in [5.74, 6) is 1.73. The highest BCUT2D eigenvalue weighted by Gasteiger charge is 2.37. The van der Waals surface area contributed by atoms with Crippen LogP contribution in [-0.4, -0.2) is 5.78 Å². The normalized spacial score (nSPS) is 19.1. The van der Waals surface area contributed by atoms with E-state index in [-0.39, 0.29) is 11.7 Å². The zero-order chi connectivity index (χ0) is 17.7. The van der Waals surface area contributed by atoms with Crippen LogP contribution in [0.25, 0.3) is 10.8 Å². The maximum atomic E-state index is 12.9. The summed E-state index contributed by atoms with van der Waals surface area (Å²) in [6.07, 6.45) is 2.24. The van der Waals surface area contributed by atoms with Crippen molar-refractivity contribution >= 4 is 28.2 Å². The van der Waals surface area contributed by atoms with Crippen LogP contribution in [0.1, 0.15) is 36.3 Å². The second-order valence-electron chi connectivity index (χ2n) is 6.90. The van der Waals surface area contributed by atoms with Crippen molar-refractivity contribution in [2.24, 2.45) is 0 Å². The first-order valence-corrected chi connectivity index (χ1v) is 9.31. The Hall–Kier alpha value is -2.58. The Kier molecular flexibility index (Phi) is 3.61. The molecule has 0 N–H and O–H groups in total. The van der Waals surface area contributed by atoms with Crippen LogP contribution in [0.4, 0.5) is 0 Å². The molecule has 3 aromatic carbocycles. The largest absolute Gasteiger partial charge is 0.461 e. The van der Waals surface area contributed by atoms with Crippen molar-refractivity contribution < 1.29 is 9.53 Å². The summed E-state index contributed by atoms with van der Waals surface area (Å²) < 4.78 is 6.22. The number of Topliss-reactive ketones (excluding diaryl/α,β-unsaturated/α-hetero) is 1. The van der Waals surface area contributed by atoms with Gasteiger partial charge in [0.1, 0.15) is 11.5 Å². The average molecular weight is 361 g/mol. The number of rotatable bonds is 1. The third kappa shape index (κ3) is 2.37. The Morgan fingerprint density at radius 2 is 1.85 bits per heavy atom. The lowest BCUT2D eigenvalue weighted by Crippen LogP contribution is -2.25. The summed E-state index contributed by atoms with van der Waals surface area (Å²) in [5, 5.41) is 2.95. The number of halogens is 1. The van der Waals surface area contributed by atoms with Gasteiger partial charge in [-0.2, -0.15) is 0 Å². The number of hydrogen-bond acceptors (Lipinski definition) is 2. The van der Waals surface area contributed by atoms with E-state index >= 15 is 0 Å². The summed E-state index contributed by atoms with van der Waals surface area (Å²) in [7, 11) is 0. The SMILES string of the molecule is O=C1CCCC2=C1C(c1cccc(Cl)c1)c1c(ccc3ccccc13)O2. The van der Waals surface area contributed by atoms with Crippen molar-refractivity contribution in [2.45, 2.75) is 25.2 Å². The minimum absolute atomic E-state index is 0.133. The summed E-state index contributed by atoms with van der Waals surface area (Å²) in [6, 6.07) is 20.2. The Labute approximate surface area is 157 Å². The number of hydrogen-bond donors (Lipinski definition) is 0. The van der Waals surface area contributed by atoms with Crippen LogP contribution in [0.5, 0.6) is 5.75 Å². The molecule has 1 unspecified atom stereocenters. The van der Waals surface area contributed by atoms with E-state index in [9.17, 15) is 4.79 Å². The third-order valence-electron chi connectivity index (χ3n) is 5.33. The molecule has 0 saturated carbocycles. The quantitative estimate of drug-likeness (QED) is 0.530. The summed E-state index contributed by atoms with van der Waals surface area (Å²) in [5.41, 5.74) is 2.92. The van der Waals surface area contributed by atoms with Crippen molar-refractivity contribution in [1.29, 1.82) is 0 Å². The number of ketones is 1. The fourth-order valence-electron chi connectivity index (χ4n) is 4.22. The Morgan fingerprint density at radius 1 is 0.962 bits per heavy atom.